The zero-order valence-electron chi connectivity index (χ0n) is 17.0. The van der Waals surface area contributed by atoms with Gasteiger partial charge in [-0.3, -0.25) is 9.36 Å². The number of thioether (sulfide) groups is 1. The second-order valence-corrected chi connectivity index (χ2v) is 8.12. The Morgan fingerprint density at radius 3 is 2.55 bits per heavy atom. The minimum Gasteiger partial charge on any atom is -0.467 e. The first kappa shape index (κ1) is 21.1. The molecular weight excluding hydrogens is 391 g/mol. The lowest BCUT2D eigenvalue weighted by Crippen LogP contribution is -2.31. The fraction of sp³-hybridized carbons (Fsp3) is 0.381. The lowest BCUT2D eigenvalue weighted by Gasteiger charge is -2.25. The Hall–Kier alpha value is -2.61. The van der Waals surface area contributed by atoms with Crippen LogP contribution in [0.5, 0.6) is 0 Å². The molecule has 0 aliphatic heterocycles. The summed E-state index contributed by atoms with van der Waals surface area (Å²) in [5.74, 6) is 1.76. The summed E-state index contributed by atoms with van der Waals surface area (Å²) < 4.78 is 20.6. The molecule has 0 bridgehead atoms. The van der Waals surface area contributed by atoms with Gasteiger partial charge in [-0.05, 0) is 36.8 Å². The van der Waals surface area contributed by atoms with Crippen LogP contribution in [0.2, 0.25) is 0 Å². The third-order valence-corrected chi connectivity index (χ3v) is 5.76. The van der Waals surface area contributed by atoms with Crippen molar-refractivity contribution >= 4 is 17.7 Å². The van der Waals surface area contributed by atoms with E-state index in [9.17, 15) is 9.18 Å². The van der Waals surface area contributed by atoms with Crippen molar-refractivity contribution in [3.05, 3.63) is 65.6 Å². The van der Waals surface area contributed by atoms with Crippen molar-refractivity contribution in [3.8, 4) is 0 Å². The number of hydrogen-bond donors (Lipinski definition) is 0. The van der Waals surface area contributed by atoms with Crippen LogP contribution in [0.4, 0.5) is 4.39 Å². The van der Waals surface area contributed by atoms with Crippen molar-refractivity contribution in [1.29, 1.82) is 0 Å². The van der Waals surface area contributed by atoms with Crippen molar-refractivity contribution in [3.63, 3.8) is 0 Å². The lowest BCUT2D eigenvalue weighted by atomic mass is 10.1. The molecule has 6 nitrogen and oxygen atoms in total. The summed E-state index contributed by atoms with van der Waals surface area (Å²) >= 11 is 1.36. The first-order valence-corrected chi connectivity index (χ1v) is 10.4. The Morgan fingerprint density at radius 1 is 1.21 bits per heavy atom. The van der Waals surface area contributed by atoms with E-state index in [0.29, 0.717) is 11.7 Å². The summed E-state index contributed by atoms with van der Waals surface area (Å²) in [6, 6.07) is 9.81. The van der Waals surface area contributed by atoms with Crippen LogP contribution in [-0.2, 0) is 11.3 Å². The van der Waals surface area contributed by atoms with Crippen LogP contribution in [-0.4, -0.2) is 38.4 Å². The number of aromatic nitrogens is 3. The van der Waals surface area contributed by atoms with Crippen molar-refractivity contribution < 1.29 is 13.6 Å². The molecule has 0 aliphatic carbocycles. The third kappa shape index (κ3) is 5.06. The Kier molecular flexibility index (Phi) is 6.74. The molecule has 1 aromatic carbocycles. The topological polar surface area (TPSA) is 64.2 Å². The number of rotatable bonds is 8. The first-order chi connectivity index (χ1) is 13.9. The third-order valence-electron chi connectivity index (χ3n) is 4.81. The van der Waals surface area contributed by atoms with Gasteiger partial charge < -0.3 is 9.32 Å². The van der Waals surface area contributed by atoms with Crippen molar-refractivity contribution in [2.75, 3.05) is 12.8 Å². The molecule has 0 aliphatic rings. The summed E-state index contributed by atoms with van der Waals surface area (Å²) in [4.78, 5) is 14.4. The van der Waals surface area contributed by atoms with Crippen LogP contribution < -0.4 is 0 Å². The smallest absolute Gasteiger partial charge is 0.233 e. The summed E-state index contributed by atoms with van der Waals surface area (Å²) in [5, 5.41) is 9.27. The predicted molar refractivity (Wildman–Crippen MR) is 110 cm³/mol. The average molecular weight is 417 g/mol. The molecule has 3 aromatic rings. The number of halogens is 1. The van der Waals surface area contributed by atoms with E-state index in [0.717, 1.165) is 17.1 Å². The van der Waals surface area contributed by atoms with Crippen LogP contribution in [0, 0.1) is 5.82 Å². The number of furan rings is 1. The van der Waals surface area contributed by atoms with Gasteiger partial charge in [0, 0.05) is 13.0 Å². The average Bonchev–Trinajstić information content (AvgIpc) is 3.36. The maximum Gasteiger partial charge on any atom is 0.233 e. The first-order valence-electron chi connectivity index (χ1n) is 9.46. The number of amides is 1. The lowest BCUT2D eigenvalue weighted by molar-refractivity contribution is -0.128. The maximum absolute atomic E-state index is 13.1. The maximum atomic E-state index is 13.1. The highest BCUT2D eigenvalue weighted by molar-refractivity contribution is 7.99. The van der Waals surface area contributed by atoms with E-state index >= 15 is 0 Å². The van der Waals surface area contributed by atoms with Crippen LogP contribution in [0.25, 0.3) is 0 Å². The van der Waals surface area contributed by atoms with E-state index in [2.05, 4.69) is 24.0 Å². The Labute approximate surface area is 174 Å². The second-order valence-electron chi connectivity index (χ2n) is 7.18. The molecule has 2 aromatic heterocycles. The van der Waals surface area contributed by atoms with E-state index < -0.39 is 0 Å². The molecule has 1 unspecified atom stereocenters. The second kappa shape index (κ2) is 9.26. The largest absolute Gasteiger partial charge is 0.467 e. The fourth-order valence-corrected chi connectivity index (χ4v) is 3.82. The van der Waals surface area contributed by atoms with Gasteiger partial charge >= 0.3 is 0 Å². The predicted octanol–water partition coefficient (Wildman–Crippen LogP) is 4.49. The Bertz CT molecular complexity index is 938. The summed E-state index contributed by atoms with van der Waals surface area (Å²) in [6.07, 6.45) is 1.64. The standard InChI is InChI=1S/C21H25FN4O2S/c1-14(2)20-23-24-21(26(20)12-18-6-5-11-28-18)29-13-19(27)25(4)15(3)16-7-9-17(22)10-8-16/h5-11,14-15H,12-13H2,1-4H3. The van der Waals surface area contributed by atoms with Gasteiger partial charge in [0.2, 0.25) is 5.91 Å². The highest BCUT2D eigenvalue weighted by atomic mass is 32.2. The molecule has 2 heterocycles. The van der Waals surface area contributed by atoms with Crippen LogP contribution in [0.1, 0.15) is 49.9 Å². The van der Waals surface area contributed by atoms with Gasteiger partial charge in [-0.2, -0.15) is 0 Å². The van der Waals surface area contributed by atoms with Gasteiger partial charge in [0.25, 0.3) is 0 Å². The summed E-state index contributed by atoms with van der Waals surface area (Å²) in [5.41, 5.74) is 0.885. The number of benzene rings is 1. The van der Waals surface area contributed by atoms with E-state index in [4.69, 9.17) is 4.42 Å². The molecule has 3 rings (SSSR count). The van der Waals surface area contributed by atoms with Crippen molar-refractivity contribution in [1.82, 2.24) is 19.7 Å². The number of hydrogen-bond acceptors (Lipinski definition) is 5. The molecule has 1 amide bonds. The molecule has 29 heavy (non-hydrogen) atoms. The SMILES string of the molecule is CC(C)c1nnc(SCC(=O)N(C)C(C)c2ccc(F)cc2)n1Cc1ccco1. The molecule has 0 saturated heterocycles. The van der Waals surface area contributed by atoms with Crippen LogP contribution in [0.15, 0.2) is 52.2 Å². The van der Waals surface area contributed by atoms with Gasteiger partial charge in [-0.15, -0.1) is 10.2 Å². The van der Waals surface area contributed by atoms with Crippen molar-refractivity contribution in [2.45, 2.75) is 44.4 Å². The molecule has 0 spiro atoms. The highest BCUT2D eigenvalue weighted by Gasteiger charge is 2.21. The van der Waals surface area contributed by atoms with E-state index in [1.807, 2.05) is 23.6 Å². The summed E-state index contributed by atoms with van der Waals surface area (Å²) in [7, 11) is 1.75. The molecule has 0 N–H and O–H groups in total. The van der Waals surface area contributed by atoms with Gasteiger partial charge in [0.1, 0.15) is 17.4 Å². The molecule has 0 radical (unpaired) electrons. The van der Waals surface area contributed by atoms with E-state index in [-0.39, 0.29) is 29.4 Å². The zero-order chi connectivity index (χ0) is 21.0. The molecule has 154 valence electrons. The molecule has 1 atom stereocenters. The minimum absolute atomic E-state index is 0.0366. The molecule has 0 fully saturated rings. The number of carbonyl (C=O) groups is 1. The minimum atomic E-state index is -0.290. The Balaban J connectivity index is 1.68. The van der Waals surface area contributed by atoms with Gasteiger partial charge in [-0.1, -0.05) is 37.7 Å². The normalized spacial score (nSPS) is 12.3. The highest BCUT2D eigenvalue weighted by Crippen LogP contribution is 2.25. The number of carbonyl (C=O) groups excluding carboxylic acids is 1. The molecule has 0 saturated carbocycles. The van der Waals surface area contributed by atoms with Crippen molar-refractivity contribution in [2.24, 2.45) is 0 Å². The molecular formula is C21H25FN4O2S. The van der Waals surface area contributed by atoms with E-state index in [1.165, 1.54) is 23.9 Å². The molecule has 8 heteroatoms. The van der Waals surface area contributed by atoms with E-state index in [1.54, 1.807) is 30.3 Å². The van der Waals surface area contributed by atoms with Gasteiger partial charge in [0.15, 0.2) is 5.16 Å². The van der Waals surface area contributed by atoms with Gasteiger partial charge in [0.05, 0.1) is 24.6 Å². The van der Waals surface area contributed by atoms with Gasteiger partial charge in [-0.25, -0.2) is 4.39 Å². The fourth-order valence-electron chi connectivity index (χ4n) is 2.95. The van der Waals surface area contributed by atoms with Crippen LogP contribution >= 0.6 is 11.8 Å². The van der Waals surface area contributed by atoms with Crippen LogP contribution in [0.3, 0.4) is 0 Å². The summed E-state index contributed by atoms with van der Waals surface area (Å²) in [6.45, 7) is 6.55. The Morgan fingerprint density at radius 2 is 1.93 bits per heavy atom. The number of nitrogens with zero attached hydrogens (tertiary/aromatic N) is 4. The quantitative estimate of drug-likeness (QED) is 0.506. The monoisotopic (exact) mass is 416 g/mol. The zero-order valence-corrected chi connectivity index (χ0v) is 17.8.